The van der Waals surface area contributed by atoms with Gasteiger partial charge >= 0.3 is 0 Å². The maximum absolute atomic E-state index is 12.1. The fourth-order valence-corrected chi connectivity index (χ4v) is 3.43. The van der Waals surface area contributed by atoms with Crippen molar-refractivity contribution in [2.24, 2.45) is 0 Å². The van der Waals surface area contributed by atoms with Gasteiger partial charge in [0, 0.05) is 23.0 Å². The van der Waals surface area contributed by atoms with Crippen molar-refractivity contribution in [3.63, 3.8) is 0 Å². The molecule has 2 aromatic carbocycles. The van der Waals surface area contributed by atoms with E-state index in [1.165, 1.54) is 4.90 Å². The number of rotatable bonds is 7. The summed E-state index contributed by atoms with van der Waals surface area (Å²) >= 11 is 1.82. The number of aromatic nitrogens is 1. The van der Waals surface area contributed by atoms with Gasteiger partial charge in [0.05, 0.1) is 11.9 Å². The molecule has 1 heterocycles. The Morgan fingerprint density at radius 3 is 2.71 bits per heavy atom. The summed E-state index contributed by atoms with van der Waals surface area (Å²) in [6, 6.07) is 20.2. The molecule has 0 unspecified atom stereocenters. The Bertz CT molecular complexity index is 800. The van der Waals surface area contributed by atoms with Gasteiger partial charge in [0.1, 0.15) is 0 Å². The van der Waals surface area contributed by atoms with Gasteiger partial charge in [-0.1, -0.05) is 42.5 Å². The maximum atomic E-state index is 12.1. The van der Waals surface area contributed by atoms with Gasteiger partial charge < -0.3 is 5.32 Å². The Morgan fingerprint density at radius 1 is 1.00 bits per heavy atom. The Morgan fingerprint density at radius 2 is 1.83 bits per heavy atom. The lowest BCUT2D eigenvalue weighted by atomic mass is 10.1. The second-order valence-corrected chi connectivity index (χ2v) is 6.70. The fourth-order valence-electron chi connectivity index (χ4n) is 2.55. The molecule has 0 fully saturated rings. The highest BCUT2D eigenvalue weighted by Gasteiger charge is 2.07. The van der Waals surface area contributed by atoms with E-state index in [2.05, 4.69) is 22.4 Å². The van der Waals surface area contributed by atoms with Crippen LogP contribution in [0.4, 0.5) is 0 Å². The summed E-state index contributed by atoms with van der Waals surface area (Å²) in [6.45, 7) is 0.705. The van der Waals surface area contributed by atoms with Crippen molar-refractivity contribution < 1.29 is 4.79 Å². The Kier molecular flexibility index (Phi) is 5.85. The number of para-hydroxylation sites is 1. The Labute approximate surface area is 146 Å². The third kappa shape index (κ3) is 4.59. The van der Waals surface area contributed by atoms with Crippen LogP contribution in [0.25, 0.3) is 10.9 Å². The monoisotopic (exact) mass is 336 g/mol. The third-order valence-electron chi connectivity index (χ3n) is 3.72. The molecule has 0 bridgehead atoms. The summed E-state index contributed by atoms with van der Waals surface area (Å²) in [5.74, 6) is 1.05. The minimum Gasteiger partial charge on any atom is -0.356 e. The predicted molar refractivity (Wildman–Crippen MR) is 100 cm³/mol. The summed E-state index contributed by atoms with van der Waals surface area (Å²) in [5, 5.41) is 4.07. The zero-order valence-electron chi connectivity index (χ0n) is 13.4. The highest BCUT2D eigenvalue weighted by atomic mass is 32.2. The number of thioether (sulfide) groups is 1. The summed E-state index contributed by atoms with van der Waals surface area (Å²) < 4.78 is 0. The van der Waals surface area contributed by atoms with E-state index >= 15 is 0 Å². The third-order valence-corrected chi connectivity index (χ3v) is 4.82. The molecule has 0 saturated heterocycles. The number of fused-ring (bicyclic) bond motifs is 1. The predicted octanol–water partition coefficient (Wildman–Crippen LogP) is 4.08. The summed E-state index contributed by atoms with van der Waals surface area (Å²) in [5.41, 5.74) is 1.89. The lowest BCUT2D eigenvalue weighted by molar-refractivity contribution is -0.120. The van der Waals surface area contributed by atoms with Crippen LogP contribution >= 0.6 is 11.8 Å². The van der Waals surface area contributed by atoms with E-state index in [1.54, 1.807) is 6.20 Å². The van der Waals surface area contributed by atoms with Gasteiger partial charge in [-0.25, -0.2) is 0 Å². The van der Waals surface area contributed by atoms with Gasteiger partial charge in [-0.3, -0.25) is 9.78 Å². The number of nitrogens with one attached hydrogen (secondary N) is 1. The second-order valence-electron chi connectivity index (χ2n) is 5.53. The van der Waals surface area contributed by atoms with Crippen molar-refractivity contribution in [1.82, 2.24) is 10.3 Å². The van der Waals surface area contributed by atoms with Gasteiger partial charge in [-0.15, -0.1) is 11.8 Å². The molecule has 3 aromatic rings. The smallest absolute Gasteiger partial charge is 0.224 e. The van der Waals surface area contributed by atoms with Gasteiger partial charge in [0.25, 0.3) is 0 Å². The molecule has 0 aliphatic rings. The molecule has 0 aliphatic heterocycles. The van der Waals surface area contributed by atoms with E-state index in [0.29, 0.717) is 13.0 Å². The second kappa shape index (κ2) is 8.50. The van der Waals surface area contributed by atoms with Crippen LogP contribution < -0.4 is 5.32 Å². The number of amides is 1. The van der Waals surface area contributed by atoms with Crippen LogP contribution in [0.1, 0.15) is 12.0 Å². The lowest BCUT2D eigenvalue weighted by Gasteiger charge is -2.07. The SMILES string of the molecule is O=C(Cc1cccc2cccnc12)NCCCSc1ccccc1. The highest BCUT2D eigenvalue weighted by molar-refractivity contribution is 7.99. The molecule has 24 heavy (non-hydrogen) atoms. The largest absolute Gasteiger partial charge is 0.356 e. The zero-order valence-corrected chi connectivity index (χ0v) is 14.3. The van der Waals surface area contributed by atoms with Crippen LogP contribution in [0, 0.1) is 0 Å². The van der Waals surface area contributed by atoms with E-state index in [9.17, 15) is 4.79 Å². The number of carbonyl (C=O) groups is 1. The van der Waals surface area contributed by atoms with Crippen molar-refractivity contribution in [3.05, 3.63) is 72.4 Å². The topological polar surface area (TPSA) is 42.0 Å². The molecule has 0 radical (unpaired) electrons. The van der Waals surface area contributed by atoms with Crippen molar-refractivity contribution in [2.45, 2.75) is 17.7 Å². The molecule has 1 N–H and O–H groups in total. The van der Waals surface area contributed by atoms with Crippen LogP contribution in [0.5, 0.6) is 0 Å². The summed E-state index contributed by atoms with van der Waals surface area (Å²) in [7, 11) is 0. The van der Waals surface area contributed by atoms with Gasteiger partial charge in [0.2, 0.25) is 5.91 Å². The summed E-state index contributed by atoms with van der Waals surface area (Å²) in [6.07, 6.45) is 3.10. The van der Waals surface area contributed by atoms with E-state index in [0.717, 1.165) is 28.6 Å². The Hall–Kier alpha value is -2.33. The average molecular weight is 336 g/mol. The number of hydrogen-bond acceptors (Lipinski definition) is 3. The average Bonchev–Trinajstić information content (AvgIpc) is 2.63. The fraction of sp³-hybridized carbons (Fsp3) is 0.200. The van der Waals surface area contributed by atoms with E-state index in [4.69, 9.17) is 0 Å². The number of nitrogens with zero attached hydrogens (tertiary/aromatic N) is 1. The number of pyridine rings is 1. The molecule has 0 aliphatic carbocycles. The number of hydrogen-bond donors (Lipinski definition) is 1. The van der Waals surface area contributed by atoms with Crippen molar-refractivity contribution in [3.8, 4) is 0 Å². The molecule has 122 valence electrons. The zero-order chi connectivity index (χ0) is 16.6. The van der Waals surface area contributed by atoms with Crippen molar-refractivity contribution in [1.29, 1.82) is 0 Å². The molecule has 3 rings (SSSR count). The van der Waals surface area contributed by atoms with Gasteiger partial charge in [0.15, 0.2) is 0 Å². The van der Waals surface area contributed by atoms with Crippen LogP contribution in [-0.2, 0) is 11.2 Å². The maximum Gasteiger partial charge on any atom is 0.224 e. The quantitative estimate of drug-likeness (QED) is 0.522. The first kappa shape index (κ1) is 16.5. The molecule has 4 heteroatoms. The van der Waals surface area contributed by atoms with Crippen molar-refractivity contribution >= 4 is 28.6 Å². The first-order chi connectivity index (χ1) is 11.8. The van der Waals surface area contributed by atoms with Crippen LogP contribution in [0.2, 0.25) is 0 Å². The molecule has 3 nitrogen and oxygen atoms in total. The van der Waals surface area contributed by atoms with E-state index in [1.807, 2.05) is 60.3 Å². The molecule has 1 amide bonds. The molecule has 0 atom stereocenters. The normalized spacial score (nSPS) is 10.7. The standard InChI is InChI=1S/C20H20N2OS/c23-19(21-13-6-14-24-18-10-2-1-3-11-18)15-17-8-4-7-16-9-5-12-22-20(16)17/h1-5,7-12H,6,13-15H2,(H,21,23). The van der Waals surface area contributed by atoms with E-state index < -0.39 is 0 Å². The molecule has 0 saturated carbocycles. The molecular formula is C20H20N2OS. The lowest BCUT2D eigenvalue weighted by Crippen LogP contribution is -2.26. The Balaban J connectivity index is 1.44. The van der Waals surface area contributed by atoms with Gasteiger partial charge in [-0.2, -0.15) is 0 Å². The minimum atomic E-state index is 0.0536. The van der Waals surface area contributed by atoms with Crippen LogP contribution in [0.3, 0.4) is 0 Å². The minimum absolute atomic E-state index is 0.0536. The van der Waals surface area contributed by atoms with Gasteiger partial charge in [-0.05, 0) is 35.9 Å². The first-order valence-corrected chi connectivity index (χ1v) is 9.09. The molecule has 0 spiro atoms. The van der Waals surface area contributed by atoms with Crippen molar-refractivity contribution in [2.75, 3.05) is 12.3 Å². The molecule has 1 aromatic heterocycles. The first-order valence-electron chi connectivity index (χ1n) is 8.10. The van der Waals surface area contributed by atoms with E-state index in [-0.39, 0.29) is 5.91 Å². The van der Waals surface area contributed by atoms with Crippen LogP contribution in [0.15, 0.2) is 71.8 Å². The highest BCUT2D eigenvalue weighted by Crippen LogP contribution is 2.18. The number of benzene rings is 2. The van der Waals surface area contributed by atoms with Crippen LogP contribution in [-0.4, -0.2) is 23.2 Å². The number of carbonyl (C=O) groups excluding carboxylic acids is 1. The summed E-state index contributed by atoms with van der Waals surface area (Å²) in [4.78, 5) is 17.8. The molecular weight excluding hydrogens is 316 g/mol.